The first-order chi connectivity index (χ1) is 7.58. The lowest BCUT2D eigenvalue weighted by molar-refractivity contribution is 0.268. The molecule has 0 spiro atoms. The van der Waals surface area contributed by atoms with Crippen LogP contribution in [0.5, 0.6) is 11.5 Å². The van der Waals surface area contributed by atoms with Crippen LogP contribution in [0, 0.1) is 0 Å². The van der Waals surface area contributed by atoms with Gasteiger partial charge < -0.3 is 9.47 Å². The second-order valence-electron chi connectivity index (χ2n) is 3.40. The van der Waals surface area contributed by atoms with Gasteiger partial charge >= 0.3 is 0 Å². The van der Waals surface area contributed by atoms with Gasteiger partial charge in [-0.3, -0.25) is 4.18 Å². The Morgan fingerprint density at radius 3 is 2.38 bits per heavy atom. The maximum Gasteiger partial charge on any atom is 0.193 e. The molecule has 0 aliphatic heterocycles. The summed E-state index contributed by atoms with van der Waals surface area (Å²) < 4.78 is 27.3. The minimum absolute atomic E-state index is 0.114. The molecule has 90 valence electrons. The first-order valence-electron chi connectivity index (χ1n) is 4.89. The molecule has 0 bridgehead atoms. The van der Waals surface area contributed by atoms with Crippen molar-refractivity contribution in [1.82, 2.24) is 0 Å². The monoisotopic (exact) mass is 244 g/mol. The number of hydrogen-bond acceptors (Lipinski definition) is 4. The average Bonchev–Trinajstić information content (AvgIpc) is 2.27. The van der Waals surface area contributed by atoms with Crippen molar-refractivity contribution in [3.63, 3.8) is 0 Å². The highest BCUT2D eigenvalue weighted by Crippen LogP contribution is 2.27. The molecule has 5 heteroatoms. The molecule has 0 radical (unpaired) electrons. The van der Waals surface area contributed by atoms with Gasteiger partial charge in [-0.05, 0) is 26.0 Å². The van der Waals surface area contributed by atoms with Crippen LogP contribution in [0.15, 0.2) is 23.1 Å². The number of rotatable bonds is 5. The van der Waals surface area contributed by atoms with Crippen LogP contribution in [0.25, 0.3) is 0 Å². The highest BCUT2D eigenvalue weighted by molar-refractivity contribution is 7.80. The van der Waals surface area contributed by atoms with E-state index in [-0.39, 0.29) is 6.10 Å². The summed E-state index contributed by atoms with van der Waals surface area (Å²) in [6.45, 7) is 3.65. The van der Waals surface area contributed by atoms with E-state index < -0.39 is 11.1 Å². The minimum Gasteiger partial charge on any atom is -0.497 e. The maximum absolute atomic E-state index is 11.9. The van der Waals surface area contributed by atoms with Crippen LogP contribution in [-0.4, -0.2) is 24.5 Å². The van der Waals surface area contributed by atoms with Crippen LogP contribution >= 0.6 is 0 Å². The maximum atomic E-state index is 11.9. The van der Waals surface area contributed by atoms with Gasteiger partial charge in [0.25, 0.3) is 0 Å². The molecule has 0 aliphatic carbocycles. The lowest BCUT2D eigenvalue weighted by Gasteiger charge is -2.11. The summed E-state index contributed by atoms with van der Waals surface area (Å²) >= 11 is -1.54. The van der Waals surface area contributed by atoms with Crippen molar-refractivity contribution in [2.75, 3.05) is 14.2 Å². The standard InChI is InChI=1S/C11H16O4S/c1-8(2)15-16(12)11-7-9(13-3)5-6-10(11)14-4/h5-8H,1-4H3/t16-/m1/s1. The summed E-state index contributed by atoms with van der Waals surface area (Å²) in [7, 11) is 3.08. The van der Waals surface area contributed by atoms with Crippen LogP contribution in [-0.2, 0) is 15.3 Å². The first-order valence-corrected chi connectivity index (χ1v) is 5.97. The summed E-state index contributed by atoms with van der Waals surface area (Å²) in [5.74, 6) is 1.15. The van der Waals surface area contributed by atoms with Crippen LogP contribution < -0.4 is 9.47 Å². The van der Waals surface area contributed by atoms with Gasteiger partial charge in [-0.15, -0.1) is 0 Å². The molecule has 0 N–H and O–H groups in total. The van der Waals surface area contributed by atoms with Gasteiger partial charge in [0, 0.05) is 6.07 Å². The van der Waals surface area contributed by atoms with Gasteiger partial charge in [-0.1, -0.05) is 0 Å². The molecule has 0 saturated carbocycles. The third kappa shape index (κ3) is 3.21. The van der Waals surface area contributed by atoms with E-state index in [1.165, 1.54) is 7.11 Å². The number of methoxy groups -OCH3 is 2. The fraction of sp³-hybridized carbons (Fsp3) is 0.455. The van der Waals surface area contributed by atoms with Crippen molar-refractivity contribution >= 4 is 11.1 Å². The van der Waals surface area contributed by atoms with Gasteiger partial charge in [0.2, 0.25) is 0 Å². The average molecular weight is 244 g/mol. The molecule has 1 aromatic rings. The third-order valence-electron chi connectivity index (χ3n) is 1.83. The largest absolute Gasteiger partial charge is 0.497 e. The summed E-state index contributed by atoms with van der Waals surface area (Å²) in [4.78, 5) is 0.482. The smallest absolute Gasteiger partial charge is 0.193 e. The molecule has 16 heavy (non-hydrogen) atoms. The van der Waals surface area contributed by atoms with Crippen LogP contribution in [0.3, 0.4) is 0 Å². The normalized spacial score (nSPS) is 12.6. The van der Waals surface area contributed by atoms with Crippen LogP contribution in [0.1, 0.15) is 13.8 Å². The van der Waals surface area contributed by atoms with E-state index in [1.807, 2.05) is 13.8 Å². The van der Waals surface area contributed by atoms with E-state index in [1.54, 1.807) is 25.3 Å². The van der Waals surface area contributed by atoms with Crippen molar-refractivity contribution in [3.8, 4) is 11.5 Å². The number of hydrogen-bond donors (Lipinski definition) is 0. The topological polar surface area (TPSA) is 44.8 Å². The molecule has 4 nitrogen and oxygen atoms in total. The van der Waals surface area contributed by atoms with E-state index in [9.17, 15) is 4.21 Å². The Kier molecular flexibility index (Phi) is 4.76. The molecular formula is C11H16O4S. The Labute approximate surface area is 98.2 Å². The summed E-state index contributed by atoms with van der Waals surface area (Å²) in [5.41, 5.74) is 0. The zero-order valence-corrected chi connectivity index (χ0v) is 10.7. The molecule has 0 aromatic heterocycles. The summed E-state index contributed by atoms with van der Waals surface area (Å²) in [6, 6.07) is 5.10. The van der Waals surface area contributed by atoms with E-state index in [0.717, 1.165) is 0 Å². The Bertz CT molecular complexity index is 376. The van der Waals surface area contributed by atoms with Gasteiger partial charge in [0.05, 0.1) is 20.3 Å². The second kappa shape index (κ2) is 5.86. The van der Waals surface area contributed by atoms with Crippen LogP contribution in [0.4, 0.5) is 0 Å². The predicted octanol–water partition coefficient (Wildman–Crippen LogP) is 2.15. The van der Waals surface area contributed by atoms with Gasteiger partial charge in [-0.2, -0.15) is 0 Å². The zero-order chi connectivity index (χ0) is 12.1. The van der Waals surface area contributed by atoms with Gasteiger partial charge in [0.15, 0.2) is 11.1 Å². The molecule has 0 unspecified atom stereocenters. The van der Waals surface area contributed by atoms with Crippen LogP contribution in [0.2, 0.25) is 0 Å². The Morgan fingerprint density at radius 2 is 1.88 bits per heavy atom. The minimum atomic E-state index is -1.54. The van der Waals surface area contributed by atoms with E-state index in [0.29, 0.717) is 16.4 Å². The molecule has 0 heterocycles. The molecule has 0 fully saturated rings. The lowest BCUT2D eigenvalue weighted by atomic mass is 10.3. The number of benzene rings is 1. The second-order valence-corrected chi connectivity index (χ2v) is 4.50. The van der Waals surface area contributed by atoms with Crippen molar-refractivity contribution in [2.24, 2.45) is 0 Å². The van der Waals surface area contributed by atoms with Gasteiger partial charge in [0.1, 0.15) is 16.4 Å². The third-order valence-corrected chi connectivity index (χ3v) is 3.07. The molecular weight excluding hydrogens is 228 g/mol. The van der Waals surface area contributed by atoms with E-state index >= 15 is 0 Å². The van der Waals surface area contributed by atoms with E-state index in [4.69, 9.17) is 13.7 Å². The quantitative estimate of drug-likeness (QED) is 0.796. The zero-order valence-electron chi connectivity index (χ0n) is 9.85. The van der Waals surface area contributed by atoms with Crippen molar-refractivity contribution in [1.29, 1.82) is 0 Å². The fourth-order valence-electron chi connectivity index (χ4n) is 1.14. The van der Waals surface area contributed by atoms with Crippen molar-refractivity contribution < 1.29 is 17.9 Å². The molecule has 0 aliphatic rings. The highest BCUT2D eigenvalue weighted by Gasteiger charge is 2.14. The molecule has 1 atom stereocenters. The Hall–Kier alpha value is -1.07. The molecule has 1 rings (SSSR count). The SMILES string of the molecule is COc1ccc(OC)c([S@](=O)OC(C)C)c1. The van der Waals surface area contributed by atoms with E-state index in [2.05, 4.69) is 0 Å². The molecule has 0 amide bonds. The summed E-state index contributed by atoms with van der Waals surface area (Å²) in [6.07, 6.45) is -0.114. The Morgan fingerprint density at radius 1 is 1.19 bits per heavy atom. The Balaban J connectivity index is 3.03. The molecule has 0 saturated heterocycles. The number of ether oxygens (including phenoxy) is 2. The van der Waals surface area contributed by atoms with Crippen molar-refractivity contribution in [2.45, 2.75) is 24.8 Å². The lowest BCUT2D eigenvalue weighted by Crippen LogP contribution is -2.07. The van der Waals surface area contributed by atoms with Gasteiger partial charge in [-0.25, -0.2) is 4.21 Å². The summed E-state index contributed by atoms with van der Waals surface area (Å²) in [5, 5.41) is 0. The fourth-order valence-corrected chi connectivity index (χ4v) is 2.12. The van der Waals surface area contributed by atoms with Crippen molar-refractivity contribution in [3.05, 3.63) is 18.2 Å². The molecule has 1 aromatic carbocycles. The first kappa shape index (κ1) is 13.0. The highest BCUT2D eigenvalue weighted by atomic mass is 32.2. The predicted molar refractivity (Wildman–Crippen MR) is 62.2 cm³/mol.